The van der Waals surface area contributed by atoms with Crippen LogP contribution in [0.3, 0.4) is 0 Å². The number of imidazole rings is 1. The molecule has 4 aromatic rings. The number of benzene rings is 1. The van der Waals surface area contributed by atoms with Crippen LogP contribution in [0.5, 0.6) is 0 Å². The van der Waals surface area contributed by atoms with Crippen molar-refractivity contribution in [1.82, 2.24) is 29.5 Å². The molecular formula is C21H24N8O. The van der Waals surface area contributed by atoms with E-state index in [2.05, 4.69) is 25.3 Å². The molecule has 1 aliphatic carbocycles. The Morgan fingerprint density at radius 1 is 1.10 bits per heavy atom. The van der Waals surface area contributed by atoms with Crippen LogP contribution >= 0.6 is 0 Å². The maximum Gasteiger partial charge on any atom is 0.230 e. The summed E-state index contributed by atoms with van der Waals surface area (Å²) >= 11 is 0. The largest absolute Gasteiger partial charge is 0.378 e. The molecule has 9 heteroatoms. The van der Waals surface area contributed by atoms with Crippen molar-refractivity contribution in [3.63, 3.8) is 0 Å². The first kappa shape index (κ1) is 17.6. The highest BCUT2D eigenvalue weighted by molar-refractivity contribution is 5.74. The van der Waals surface area contributed by atoms with Crippen molar-refractivity contribution in [3.8, 4) is 0 Å². The fraction of sp³-hybridized carbons (Fsp3) is 0.429. The number of nitrogens with zero attached hydrogens (tertiary/aromatic N) is 6. The van der Waals surface area contributed by atoms with E-state index in [1.807, 2.05) is 35.0 Å². The Hall–Kier alpha value is -3.20. The van der Waals surface area contributed by atoms with E-state index >= 15 is 0 Å². The van der Waals surface area contributed by atoms with E-state index in [1.54, 1.807) is 0 Å². The van der Waals surface area contributed by atoms with E-state index in [4.69, 9.17) is 14.7 Å². The Labute approximate surface area is 173 Å². The van der Waals surface area contributed by atoms with Crippen molar-refractivity contribution in [3.05, 3.63) is 41.9 Å². The number of aromatic nitrogens is 6. The molecule has 2 N–H and O–H groups in total. The van der Waals surface area contributed by atoms with Gasteiger partial charge in [0.1, 0.15) is 5.82 Å². The molecular weight excluding hydrogens is 380 g/mol. The third-order valence-corrected chi connectivity index (χ3v) is 6.07. The fourth-order valence-electron chi connectivity index (χ4n) is 4.16. The van der Waals surface area contributed by atoms with Crippen molar-refractivity contribution in [1.29, 1.82) is 0 Å². The predicted molar refractivity (Wildman–Crippen MR) is 114 cm³/mol. The molecule has 0 bridgehead atoms. The molecule has 3 aromatic heterocycles. The van der Waals surface area contributed by atoms with Gasteiger partial charge in [-0.05, 0) is 30.9 Å². The van der Waals surface area contributed by atoms with Gasteiger partial charge in [-0.25, -0.2) is 4.98 Å². The Bertz CT molecular complexity index is 1160. The van der Waals surface area contributed by atoms with Gasteiger partial charge in [0, 0.05) is 18.7 Å². The number of ether oxygens (including phenoxy) is 1. The van der Waals surface area contributed by atoms with Gasteiger partial charge in [0.25, 0.3) is 0 Å². The topological polar surface area (TPSA) is 96.3 Å². The summed E-state index contributed by atoms with van der Waals surface area (Å²) in [5.74, 6) is 2.84. The summed E-state index contributed by atoms with van der Waals surface area (Å²) in [6, 6.07) is 8.04. The summed E-state index contributed by atoms with van der Waals surface area (Å²) < 4.78 is 7.34. The van der Waals surface area contributed by atoms with E-state index in [1.165, 1.54) is 24.8 Å². The SMILES string of the molecule is c1ccc2[nH]c(CNc3nc(N4CCOCC4)nc4c(C5CCC5)cnn34)nc2c1. The van der Waals surface area contributed by atoms with E-state index in [-0.39, 0.29) is 0 Å². The number of rotatable bonds is 5. The number of morpholine rings is 1. The first-order valence-corrected chi connectivity index (χ1v) is 10.6. The summed E-state index contributed by atoms with van der Waals surface area (Å²) in [5.41, 5.74) is 4.12. The van der Waals surface area contributed by atoms with Crippen LogP contribution in [0.15, 0.2) is 30.5 Å². The first-order chi connectivity index (χ1) is 14.8. The second-order valence-electron chi connectivity index (χ2n) is 7.96. The molecule has 1 aromatic carbocycles. The van der Waals surface area contributed by atoms with Crippen LogP contribution < -0.4 is 10.2 Å². The van der Waals surface area contributed by atoms with Crippen LogP contribution in [0.1, 0.15) is 36.6 Å². The molecule has 30 heavy (non-hydrogen) atoms. The molecule has 0 spiro atoms. The second kappa shape index (κ2) is 7.24. The van der Waals surface area contributed by atoms with Gasteiger partial charge < -0.3 is 19.9 Å². The Kier molecular flexibility index (Phi) is 4.26. The number of anilines is 2. The van der Waals surface area contributed by atoms with E-state index in [0.717, 1.165) is 41.5 Å². The number of hydrogen-bond acceptors (Lipinski definition) is 7. The average Bonchev–Trinajstić information content (AvgIpc) is 3.35. The molecule has 6 rings (SSSR count). The van der Waals surface area contributed by atoms with E-state index in [9.17, 15) is 0 Å². The highest BCUT2D eigenvalue weighted by Gasteiger charge is 2.26. The lowest BCUT2D eigenvalue weighted by molar-refractivity contribution is 0.122. The normalized spacial score (nSPS) is 17.5. The standard InChI is InChI=1S/C21H24N8O/c1-2-7-17-16(6-1)24-18(25-17)13-22-20-27-21(28-8-10-30-11-9-28)26-19-15(12-23-29(19)20)14-4-3-5-14/h1-2,6-7,12,14H,3-5,8-11,13H2,(H,24,25)(H,22,26,27). The van der Waals surface area contributed by atoms with Crippen molar-refractivity contribution < 1.29 is 4.74 Å². The molecule has 2 fully saturated rings. The Morgan fingerprint density at radius 3 is 2.77 bits per heavy atom. The van der Waals surface area contributed by atoms with Crippen LogP contribution in [-0.2, 0) is 11.3 Å². The van der Waals surface area contributed by atoms with Crippen molar-refractivity contribution >= 4 is 28.6 Å². The lowest BCUT2D eigenvalue weighted by Gasteiger charge is -2.28. The highest BCUT2D eigenvalue weighted by atomic mass is 16.5. The van der Waals surface area contributed by atoms with Gasteiger partial charge in [0.15, 0.2) is 5.65 Å². The number of H-pyrrole nitrogens is 1. The zero-order valence-electron chi connectivity index (χ0n) is 16.7. The van der Waals surface area contributed by atoms with Crippen LogP contribution in [0, 0.1) is 0 Å². The van der Waals surface area contributed by atoms with Gasteiger partial charge in [-0.1, -0.05) is 18.6 Å². The number of fused-ring (bicyclic) bond motifs is 2. The average molecular weight is 404 g/mol. The summed E-state index contributed by atoms with van der Waals surface area (Å²) in [6.45, 7) is 3.52. The number of hydrogen-bond donors (Lipinski definition) is 2. The number of nitrogens with one attached hydrogen (secondary N) is 2. The van der Waals surface area contributed by atoms with Crippen LogP contribution in [0.4, 0.5) is 11.9 Å². The molecule has 0 atom stereocenters. The summed E-state index contributed by atoms with van der Waals surface area (Å²) in [6.07, 6.45) is 5.66. The Morgan fingerprint density at radius 2 is 1.97 bits per heavy atom. The summed E-state index contributed by atoms with van der Waals surface area (Å²) in [7, 11) is 0. The highest BCUT2D eigenvalue weighted by Crippen LogP contribution is 2.38. The molecule has 4 heterocycles. The van der Waals surface area contributed by atoms with Gasteiger partial charge in [-0.2, -0.15) is 19.6 Å². The van der Waals surface area contributed by atoms with Gasteiger partial charge in [0.05, 0.1) is 37.0 Å². The maximum atomic E-state index is 5.50. The van der Waals surface area contributed by atoms with Gasteiger partial charge >= 0.3 is 0 Å². The van der Waals surface area contributed by atoms with E-state index < -0.39 is 0 Å². The summed E-state index contributed by atoms with van der Waals surface area (Å²) in [5, 5.41) is 8.05. The van der Waals surface area contributed by atoms with Crippen molar-refractivity contribution in [2.24, 2.45) is 0 Å². The summed E-state index contributed by atoms with van der Waals surface area (Å²) in [4.78, 5) is 19.9. The molecule has 1 saturated carbocycles. The Balaban J connectivity index is 1.36. The number of aromatic amines is 1. The first-order valence-electron chi connectivity index (χ1n) is 10.6. The second-order valence-corrected chi connectivity index (χ2v) is 7.96. The minimum Gasteiger partial charge on any atom is -0.378 e. The van der Waals surface area contributed by atoms with Gasteiger partial charge in [-0.15, -0.1) is 0 Å². The fourth-order valence-corrected chi connectivity index (χ4v) is 4.16. The molecule has 154 valence electrons. The number of para-hydroxylation sites is 2. The lowest BCUT2D eigenvalue weighted by Crippen LogP contribution is -2.37. The molecule has 1 saturated heterocycles. The molecule has 0 radical (unpaired) electrons. The zero-order valence-corrected chi connectivity index (χ0v) is 16.7. The smallest absolute Gasteiger partial charge is 0.230 e. The molecule has 1 aliphatic heterocycles. The van der Waals surface area contributed by atoms with Crippen LogP contribution in [0.2, 0.25) is 0 Å². The monoisotopic (exact) mass is 404 g/mol. The van der Waals surface area contributed by atoms with Crippen molar-refractivity contribution in [2.75, 3.05) is 36.5 Å². The zero-order chi connectivity index (χ0) is 19.9. The quantitative estimate of drug-likeness (QED) is 0.528. The van der Waals surface area contributed by atoms with Crippen molar-refractivity contribution in [2.45, 2.75) is 31.7 Å². The molecule has 0 amide bonds. The van der Waals surface area contributed by atoms with Crippen LogP contribution in [-0.4, -0.2) is 55.9 Å². The third-order valence-electron chi connectivity index (χ3n) is 6.07. The lowest BCUT2D eigenvalue weighted by atomic mass is 9.81. The van der Waals surface area contributed by atoms with E-state index in [0.29, 0.717) is 31.6 Å². The predicted octanol–water partition coefficient (Wildman–Crippen LogP) is 2.72. The van der Waals surface area contributed by atoms with Crippen LogP contribution in [0.25, 0.3) is 16.7 Å². The minimum absolute atomic E-state index is 0.530. The maximum absolute atomic E-state index is 5.50. The molecule has 2 aliphatic rings. The molecule has 9 nitrogen and oxygen atoms in total. The third kappa shape index (κ3) is 3.06. The van der Waals surface area contributed by atoms with Gasteiger partial charge in [0.2, 0.25) is 11.9 Å². The molecule has 0 unspecified atom stereocenters. The van der Waals surface area contributed by atoms with Gasteiger partial charge in [-0.3, -0.25) is 0 Å². The minimum atomic E-state index is 0.530.